The van der Waals surface area contributed by atoms with E-state index in [2.05, 4.69) is 56.2 Å². The fraction of sp³-hybridized carbons (Fsp3) is 0.364. The van der Waals surface area contributed by atoms with Gasteiger partial charge in [0.25, 0.3) is 5.91 Å². The Morgan fingerprint density at radius 1 is 1.13 bits per heavy atom. The number of nitrogens with one attached hydrogen (secondary N) is 1. The molecule has 1 fully saturated rings. The summed E-state index contributed by atoms with van der Waals surface area (Å²) in [4.78, 5) is 25.9. The van der Waals surface area contributed by atoms with Gasteiger partial charge in [-0.15, -0.1) is 0 Å². The molecule has 8 nitrogen and oxygen atoms in total. The standard InChI is InChI=1S/C22H26N6O2/c1-15(2)17-4-5-19(25-22(29)18-14-30-26-16(18)3)20(12-17)27-8-10-28(11-9-27)21-13-23-6-7-24-21/h4-7,12-15H,8-11H2,1-3H3,(H,25,29). The van der Waals surface area contributed by atoms with Crippen molar-refractivity contribution in [3.05, 3.63) is 59.9 Å². The van der Waals surface area contributed by atoms with E-state index in [1.165, 1.54) is 11.8 Å². The molecule has 1 aliphatic heterocycles. The van der Waals surface area contributed by atoms with Crippen LogP contribution in [0.15, 0.2) is 47.6 Å². The van der Waals surface area contributed by atoms with Gasteiger partial charge in [0.05, 0.1) is 23.3 Å². The van der Waals surface area contributed by atoms with Gasteiger partial charge in [0, 0.05) is 38.6 Å². The fourth-order valence-electron chi connectivity index (χ4n) is 3.61. The number of benzene rings is 1. The molecule has 3 heterocycles. The lowest BCUT2D eigenvalue weighted by atomic mass is 10.0. The van der Waals surface area contributed by atoms with Crippen molar-refractivity contribution in [2.45, 2.75) is 26.7 Å². The van der Waals surface area contributed by atoms with Crippen LogP contribution in [0.3, 0.4) is 0 Å². The van der Waals surface area contributed by atoms with Crippen LogP contribution in [0.1, 0.15) is 41.4 Å². The van der Waals surface area contributed by atoms with Crippen LogP contribution in [-0.2, 0) is 0 Å². The summed E-state index contributed by atoms with van der Waals surface area (Å²) in [5.41, 5.74) is 4.08. The minimum absolute atomic E-state index is 0.217. The molecule has 0 atom stereocenters. The predicted molar refractivity (Wildman–Crippen MR) is 116 cm³/mol. The van der Waals surface area contributed by atoms with Crippen molar-refractivity contribution in [3.63, 3.8) is 0 Å². The van der Waals surface area contributed by atoms with Gasteiger partial charge in [0.15, 0.2) is 0 Å². The van der Waals surface area contributed by atoms with E-state index in [1.54, 1.807) is 25.5 Å². The number of hydrogen-bond acceptors (Lipinski definition) is 7. The summed E-state index contributed by atoms with van der Waals surface area (Å²) in [6.45, 7) is 9.42. The van der Waals surface area contributed by atoms with Gasteiger partial charge in [-0.05, 0) is 30.5 Å². The van der Waals surface area contributed by atoms with E-state index in [0.29, 0.717) is 17.2 Å². The third-order valence-electron chi connectivity index (χ3n) is 5.43. The van der Waals surface area contributed by atoms with Gasteiger partial charge in [0.2, 0.25) is 0 Å². The number of hydrogen-bond donors (Lipinski definition) is 1. The first-order valence-corrected chi connectivity index (χ1v) is 10.1. The third kappa shape index (κ3) is 4.12. The minimum atomic E-state index is -0.217. The lowest BCUT2D eigenvalue weighted by Gasteiger charge is -2.37. The van der Waals surface area contributed by atoms with E-state index >= 15 is 0 Å². The van der Waals surface area contributed by atoms with Crippen LogP contribution in [-0.4, -0.2) is 47.2 Å². The number of anilines is 3. The quantitative estimate of drug-likeness (QED) is 0.694. The summed E-state index contributed by atoms with van der Waals surface area (Å²) in [5.74, 6) is 1.07. The topological polar surface area (TPSA) is 87.4 Å². The predicted octanol–water partition coefficient (Wildman–Crippen LogP) is 3.48. The summed E-state index contributed by atoms with van der Waals surface area (Å²) < 4.78 is 4.92. The molecule has 0 unspecified atom stereocenters. The fourth-order valence-corrected chi connectivity index (χ4v) is 3.61. The van der Waals surface area contributed by atoms with Gasteiger partial charge in [-0.1, -0.05) is 25.1 Å². The van der Waals surface area contributed by atoms with Crippen molar-refractivity contribution in [2.75, 3.05) is 41.3 Å². The molecule has 1 saturated heterocycles. The molecule has 8 heteroatoms. The van der Waals surface area contributed by atoms with Crippen molar-refractivity contribution in [1.82, 2.24) is 15.1 Å². The van der Waals surface area contributed by atoms with Crippen LogP contribution in [0.2, 0.25) is 0 Å². The molecule has 1 aliphatic rings. The second-order valence-corrected chi connectivity index (χ2v) is 7.74. The Morgan fingerprint density at radius 3 is 2.53 bits per heavy atom. The zero-order valence-electron chi connectivity index (χ0n) is 17.5. The Hall–Kier alpha value is -3.42. The molecule has 0 saturated carbocycles. The Kier molecular flexibility index (Phi) is 5.65. The molecule has 2 aromatic heterocycles. The number of carbonyl (C=O) groups is 1. The van der Waals surface area contributed by atoms with Crippen molar-refractivity contribution in [2.24, 2.45) is 0 Å². The van der Waals surface area contributed by atoms with Crippen LogP contribution in [0.25, 0.3) is 0 Å². The summed E-state index contributed by atoms with van der Waals surface area (Å²) in [6.07, 6.45) is 6.58. The Labute approximate surface area is 175 Å². The molecule has 1 amide bonds. The Bertz CT molecular complexity index is 1010. The Balaban J connectivity index is 1.56. The maximum absolute atomic E-state index is 12.7. The third-order valence-corrected chi connectivity index (χ3v) is 5.43. The molecule has 156 valence electrons. The maximum atomic E-state index is 12.7. The van der Waals surface area contributed by atoms with Crippen molar-refractivity contribution in [3.8, 4) is 0 Å². The minimum Gasteiger partial charge on any atom is -0.366 e. The maximum Gasteiger partial charge on any atom is 0.260 e. The largest absolute Gasteiger partial charge is 0.366 e. The van der Waals surface area contributed by atoms with Crippen LogP contribution in [0.5, 0.6) is 0 Å². The van der Waals surface area contributed by atoms with E-state index < -0.39 is 0 Å². The van der Waals surface area contributed by atoms with Crippen molar-refractivity contribution >= 4 is 23.1 Å². The second kappa shape index (κ2) is 8.52. The molecule has 1 aromatic carbocycles. The zero-order valence-corrected chi connectivity index (χ0v) is 17.5. The van der Waals surface area contributed by atoms with Gasteiger partial charge in [-0.25, -0.2) is 4.98 Å². The number of nitrogens with zero attached hydrogens (tertiary/aromatic N) is 5. The van der Waals surface area contributed by atoms with Crippen molar-refractivity contribution < 1.29 is 9.32 Å². The highest BCUT2D eigenvalue weighted by atomic mass is 16.5. The van der Waals surface area contributed by atoms with Gasteiger partial charge in [0.1, 0.15) is 17.6 Å². The Morgan fingerprint density at radius 2 is 1.90 bits per heavy atom. The number of piperazine rings is 1. The smallest absolute Gasteiger partial charge is 0.260 e. The molecule has 1 N–H and O–H groups in total. The summed E-state index contributed by atoms with van der Waals surface area (Å²) >= 11 is 0. The molecule has 0 spiro atoms. The summed E-state index contributed by atoms with van der Waals surface area (Å²) in [6, 6.07) is 6.24. The monoisotopic (exact) mass is 406 g/mol. The average Bonchev–Trinajstić information content (AvgIpc) is 3.20. The number of aromatic nitrogens is 3. The first kappa shape index (κ1) is 19.9. The zero-order chi connectivity index (χ0) is 21.1. The second-order valence-electron chi connectivity index (χ2n) is 7.74. The van der Waals surface area contributed by atoms with Gasteiger partial charge >= 0.3 is 0 Å². The first-order valence-electron chi connectivity index (χ1n) is 10.1. The number of rotatable bonds is 5. The molecule has 3 aromatic rings. The molecule has 0 aliphatic carbocycles. The van der Waals surface area contributed by atoms with Crippen LogP contribution in [0.4, 0.5) is 17.2 Å². The van der Waals surface area contributed by atoms with E-state index in [0.717, 1.165) is 43.4 Å². The van der Waals surface area contributed by atoms with E-state index in [1.807, 2.05) is 6.07 Å². The molecule has 30 heavy (non-hydrogen) atoms. The molecule has 4 rings (SSSR count). The average molecular weight is 406 g/mol. The molecular formula is C22H26N6O2. The van der Waals surface area contributed by atoms with E-state index in [-0.39, 0.29) is 5.91 Å². The number of aryl methyl sites for hydroxylation is 1. The lowest BCUT2D eigenvalue weighted by molar-refractivity contribution is 0.102. The lowest BCUT2D eigenvalue weighted by Crippen LogP contribution is -2.47. The van der Waals surface area contributed by atoms with Crippen LogP contribution >= 0.6 is 0 Å². The highest BCUT2D eigenvalue weighted by Crippen LogP contribution is 2.32. The highest BCUT2D eigenvalue weighted by Gasteiger charge is 2.22. The summed E-state index contributed by atoms with van der Waals surface area (Å²) in [5, 5.41) is 6.85. The molecular weight excluding hydrogens is 380 g/mol. The van der Waals surface area contributed by atoms with Gasteiger partial charge in [-0.2, -0.15) is 0 Å². The van der Waals surface area contributed by atoms with E-state index in [4.69, 9.17) is 4.52 Å². The van der Waals surface area contributed by atoms with E-state index in [9.17, 15) is 4.79 Å². The normalized spacial score (nSPS) is 14.3. The van der Waals surface area contributed by atoms with Gasteiger partial charge < -0.3 is 19.6 Å². The van der Waals surface area contributed by atoms with Gasteiger partial charge in [-0.3, -0.25) is 9.78 Å². The molecule has 0 bridgehead atoms. The van der Waals surface area contributed by atoms with Crippen molar-refractivity contribution in [1.29, 1.82) is 0 Å². The first-order chi connectivity index (χ1) is 14.5. The van der Waals surface area contributed by atoms with Crippen LogP contribution < -0.4 is 15.1 Å². The molecule has 0 radical (unpaired) electrons. The summed E-state index contributed by atoms with van der Waals surface area (Å²) in [7, 11) is 0. The number of carbonyl (C=O) groups excluding carboxylic acids is 1. The SMILES string of the molecule is Cc1nocc1C(=O)Nc1ccc(C(C)C)cc1N1CCN(c2cnccn2)CC1. The van der Waals surface area contributed by atoms with Crippen LogP contribution in [0, 0.1) is 6.92 Å². The number of amides is 1. The highest BCUT2D eigenvalue weighted by molar-refractivity contribution is 6.06.